The van der Waals surface area contributed by atoms with E-state index in [0.29, 0.717) is 26.2 Å². The molecule has 3 rings (SSSR count). The maximum atomic E-state index is 12.9. The number of hydrogen-bond acceptors (Lipinski definition) is 5. The molecule has 0 aliphatic carbocycles. The maximum absolute atomic E-state index is 12.9. The van der Waals surface area contributed by atoms with Gasteiger partial charge in [-0.05, 0) is 36.2 Å². The molecular weight excluding hydrogens is 362 g/mol. The summed E-state index contributed by atoms with van der Waals surface area (Å²) in [7, 11) is -1.98. The van der Waals surface area contributed by atoms with Gasteiger partial charge in [-0.15, -0.1) is 0 Å². The van der Waals surface area contributed by atoms with Gasteiger partial charge in [0.25, 0.3) is 0 Å². The quantitative estimate of drug-likeness (QED) is 0.761. The van der Waals surface area contributed by atoms with Gasteiger partial charge in [0.15, 0.2) is 0 Å². The van der Waals surface area contributed by atoms with E-state index in [-0.39, 0.29) is 10.5 Å². The zero-order valence-corrected chi connectivity index (χ0v) is 16.2. The van der Waals surface area contributed by atoms with E-state index in [2.05, 4.69) is 11.0 Å². The monoisotopic (exact) mass is 385 g/mol. The zero-order chi connectivity index (χ0) is 19.3. The Bertz CT molecular complexity index is 929. The SMILES string of the molecule is COc1cccc(CCN2CCN(S(=O)(=O)c3ccccc3C#N)CC2)c1. The first-order valence-electron chi connectivity index (χ1n) is 8.89. The van der Waals surface area contributed by atoms with E-state index in [1.165, 1.54) is 22.0 Å². The summed E-state index contributed by atoms with van der Waals surface area (Å²) in [5, 5.41) is 9.19. The van der Waals surface area contributed by atoms with Gasteiger partial charge in [-0.25, -0.2) is 8.42 Å². The molecule has 0 aromatic heterocycles. The second-order valence-electron chi connectivity index (χ2n) is 6.46. The third-order valence-corrected chi connectivity index (χ3v) is 6.76. The van der Waals surface area contributed by atoms with Crippen molar-refractivity contribution in [2.45, 2.75) is 11.3 Å². The Hall–Kier alpha value is -2.40. The minimum atomic E-state index is -3.64. The van der Waals surface area contributed by atoms with Crippen LogP contribution in [0.3, 0.4) is 0 Å². The highest BCUT2D eigenvalue weighted by molar-refractivity contribution is 7.89. The van der Waals surface area contributed by atoms with Crippen molar-refractivity contribution in [2.24, 2.45) is 0 Å². The Balaban J connectivity index is 1.59. The molecule has 2 aromatic carbocycles. The lowest BCUT2D eigenvalue weighted by Gasteiger charge is -2.34. The first-order chi connectivity index (χ1) is 13.0. The predicted octanol–water partition coefficient (Wildman–Crippen LogP) is 2.12. The molecule has 1 saturated heterocycles. The Morgan fingerprint density at radius 2 is 1.81 bits per heavy atom. The molecule has 0 radical (unpaired) electrons. The lowest BCUT2D eigenvalue weighted by atomic mass is 10.1. The van der Waals surface area contributed by atoms with Crippen LogP contribution < -0.4 is 4.74 Å². The van der Waals surface area contributed by atoms with Crippen molar-refractivity contribution in [3.63, 3.8) is 0 Å². The fourth-order valence-electron chi connectivity index (χ4n) is 3.23. The van der Waals surface area contributed by atoms with Crippen LogP contribution in [0.25, 0.3) is 0 Å². The molecule has 27 heavy (non-hydrogen) atoms. The van der Waals surface area contributed by atoms with Crippen molar-refractivity contribution >= 4 is 10.0 Å². The number of hydrogen-bond donors (Lipinski definition) is 0. The van der Waals surface area contributed by atoms with Crippen LogP contribution in [0.4, 0.5) is 0 Å². The van der Waals surface area contributed by atoms with Crippen molar-refractivity contribution in [2.75, 3.05) is 39.8 Å². The second kappa shape index (κ2) is 8.53. The number of rotatable bonds is 6. The summed E-state index contributed by atoms with van der Waals surface area (Å²) in [5.41, 5.74) is 1.39. The standard InChI is InChI=1S/C20H23N3O3S/c1-26-19-7-4-5-17(15-19)9-10-22-11-13-23(14-12-22)27(24,25)20-8-3-2-6-18(20)16-21/h2-8,15H,9-14H2,1H3. The smallest absolute Gasteiger partial charge is 0.244 e. The number of sulfonamides is 1. The van der Waals surface area contributed by atoms with Crippen LogP contribution in [0.5, 0.6) is 5.75 Å². The molecule has 1 aliphatic rings. The van der Waals surface area contributed by atoms with Crippen LogP contribution in [-0.4, -0.2) is 57.5 Å². The van der Waals surface area contributed by atoms with Crippen molar-refractivity contribution in [3.8, 4) is 11.8 Å². The summed E-state index contributed by atoms with van der Waals surface area (Å²) in [6.07, 6.45) is 0.890. The molecule has 2 aromatic rings. The van der Waals surface area contributed by atoms with Crippen LogP contribution in [0, 0.1) is 11.3 Å². The predicted molar refractivity (Wildman–Crippen MR) is 103 cm³/mol. The number of nitrogens with zero attached hydrogens (tertiary/aromatic N) is 3. The van der Waals surface area contributed by atoms with Gasteiger partial charge in [0, 0.05) is 32.7 Å². The van der Waals surface area contributed by atoms with Crippen LogP contribution in [0.2, 0.25) is 0 Å². The number of piperazine rings is 1. The third kappa shape index (κ3) is 4.48. The van der Waals surface area contributed by atoms with E-state index in [4.69, 9.17) is 4.74 Å². The fraction of sp³-hybridized carbons (Fsp3) is 0.350. The molecule has 1 fully saturated rings. The van der Waals surface area contributed by atoms with Gasteiger partial charge in [0.05, 0.1) is 17.6 Å². The highest BCUT2D eigenvalue weighted by Gasteiger charge is 2.30. The number of methoxy groups -OCH3 is 1. The number of ether oxygens (including phenoxy) is 1. The average molecular weight is 385 g/mol. The van der Waals surface area contributed by atoms with Crippen molar-refractivity contribution in [3.05, 3.63) is 59.7 Å². The second-order valence-corrected chi connectivity index (χ2v) is 8.36. The number of nitriles is 1. The van der Waals surface area contributed by atoms with Gasteiger partial charge in [0.1, 0.15) is 11.8 Å². The highest BCUT2D eigenvalue weighted by Crippen LogP contribution is 2.21. The molecule has 6 nitrogen and oxygen atoms in total. The van der Waals surface area contributed by atoms with E-state index in [0.717, 1.165) is 18.7 Å². The van der Waals surface area contributed by atoms with Gasteiger partial charge in [-0.2, -0.15) is 9.57 Å². The van der Waals surface area contributed by atoms with E-state index >= 15 is 0 Å². The summed E-state index contributed by atoms with van der Waals surface area (Å²) >= 11 is 0. The molecule has 1 heterocycles. The summed E-state index contributed by atoms with van der Waals surface area (Å²) < 4.78 is 32.5. The normalized spacial score (nSPS) is 16.0. The molecule has 0 spiro atoms. The molecule has 0 N–H and O–H groups in total. The lowest BCUT2D eigenvalue weighted by molar-refractivity contribution is 0.190. The highest BCUT2D eigenvalue weighted by atomic mass is 32.2. The van der Waals surface area contributed by atoms with E-state index in [1.54, 1.807) is 19.2 Å². The lowest BCUT2D eigenvalue weighted by Crippen LogP contribution is -2.49. The Labute approximate surface area is 160 Å². The van der Waals surface area contributed by atoms with E-state index in [9.17, 15) is 13.7 Å². The largest absolute Gasteiger partial charge is 0.497 e. The van der Waals surface area contributed by atoms with Gasteiger partial charge >= 0.3 is 0 Å². The van der Waals surface area contributed by atoms with Crippen molar-refractivity contribution in [1.82, 2.24) is 9.21 Å². The summed E-state index contributed by atoms with van der Waals surface area (Å²) in [6.45, 7) is 3.09. The molecule has 0 unspecified atom stereocenters. The average Bonchev–Trinajstić information content (AvgIpc) is 2.72. The van der Waals surface area contributed by atoms with Gasteiger partial charge in [-0.3, -0.25) is 0 Å². The van der Waals surface area contributed by atoms with Gasteiger partial charge < -0.3 is 9.64 Å². The van der Waals surface area contributed by atoms with E-state index < -0.39 is 10.0 Å². The van der Waals surface area contributed by atoms with Crippen LogP contribution in [0.1, 0.15) is 11.1 Å². The first-order valence-corrected chi connectivity index (χ1v) is 10.3. The summed E-state index contributed by atoms with van der Waals surface area (Å²) in [5.74, 6) is 0.847. The molecule has 142 valence electrons. The fourth-order valence-corrected chi connectivity index (χ4v) is 4.80. The molecule has 0 atom stereocenters. The summed E-state index contributed by atoms with van der Waals surface area (Å²) in [4.78, 5) is 2.36. The van der Waals surface area contributed by atoms with E-state index in [1.807, 2.05) is 24.3 Å². The Morgan fingerprint density at radius 3 is 2.52 bits per heavy atom. The minimum Gasteiger partial charge on any atom is -0.497 e. The molecule has 0 bridgehead atoms. The molecule has 0 saturated carbocycles. The Kier molecular flexibility index (Phi) is 6.11. The van der Waals surface area contributed by atoms with Crippen LogP contribution in [0.15, 0.2) is 53.4 Å². The minimum absolute atomic E-state index is 0.0948. The van der Waals surface area contributed by atoms with Crippen LogP contribution >= 0.6 is 0 Å². The number of benzene rings is 2. The maximum Gasteiger partial charge on any atom is 0.244 e. The van der Waals surface area contributed by atoms with Crippen LogP contribution in [-0.2, 0) is 16.4 Å². The zero-order valence-electron chi connectivity index (χ0n) is 15.3. The Morgan fingerprint density at radius 1 is 1.07 bits per heavy atom. The van der Waals surface area contributed by atoms with Gasteiger partial charge in [-0.1, -0.05) is 24.3 Å². The van der Waals surface area contributed by atoms with Gasteiger partial charge in [0.2, 0.25) is 10.0 Å². The summed E-state index contributed by atoms with van der Waals surface area (Å²) in [6, 6.07) is 16.3. The van der Waals surface area contributed by atoms with Crippen molar-refractivity contribution < 1.29 is 13.2 Å². The topological polar surface area (TPSA) is 73.6 Å². The molecule has 0 amide bonds. The first kappa shape index (κ1) is 19.4. The molecule has 1 aliphatic heterocycles. The third-order valence-electron chi connectivity index (χ3n) is 4.81. The van der Waals surface area contributed by atoms with Crippen molar-refractivity contribution in [1.29, 1.82) is 5.26 Å². The molecular formula is C20H23N3O3S. The molecule has 7 heteroatoms.